The Hall–Kier alpha value is -2.74. The Kier molecular flexibility index (Phi) is 5.85. The smallest absolute Gasteiger partial charge is 0.303 e. The van der Waals surface area contributed by atoms with Crippen LogP contribution >= 0.6 is 0 Å². The number of aliphatic carboxylic acids is 1. The monoisotopic (exact) mass is 374 g/mol. The molecule has 2 heterocycles. The molecule has 3 amide bonds. The molecule has 1 unspecified atom stereocenters. The predicted molar refractivity (Wildman–Crippen MR) is 94.6 cm³/mol. The highest BCUT2D eigenvalue weighted by Crippen LogP contribution is 2.26. The summed E-state index contributed by atoms with van der Waals surface area (Å²) in [5.41, 5.74) is 0.833. The van der Waals surface area contributed by atoms with Gasteiger partial charge in [-0.2, -0.15) is 0 Å². The van der Waals surface area contributed by atoms with Crippen molar-refractivity contribution in [3.05, 3.63) is 34.9 Å². The fourth-order valence-electron chi connectivity index (χ4n) is 3.29. The minimum atomic E-state index is -0.865. The van der Waals surface area contributed by atoms with Crippen molar-refractivity contribution < 1.29 is 29.0 Å². The van der Waals surface area contributed by atoms with Crippen LogP contribution in [-0.2, 0) is 9.53 Å². The molecule has 1 atom stereocenters. The molecule has 144 valence electrons. The first-order valence-corrected chi connectivity index (χ1v) is 9.09. The van der Waals surface area contributed by atoms with Crippen molar-refractivity contribution in [3.8, 4) is 0 Å². The highest BCUT2D eigenvalue weighted by molar-refractivity contribution is 6.22. The molecule has 1 aromatic rings. The second kappa shape index (κ2) is 8.30. The first kappa shape index (κ1) is 19.0. The van der Waals surface area contributed by atoms with E-state index in [1.807, 2.05) is 0 Å². The molecule has 0 aromatic heterocycles. The number of ether oxygens (including phenoxy) is 1. The van der Waals surface area contributed by atoms with Gasteiger partial charge >= 0.3 is 5.97 Å². The van der Waals surface area contributed by atoms with Gasteiger partial charge in [-0.05, 0) is 43.9 Å². The Morgan fingerprint density at radius 2 is 1.96 bits per heavy atom. The van der Waals surface area contributed by atoms with E-state index in [2.05, 4.69) is 5.32 Å². The van der Waals surface area contributed by atoms with Crippen molar-refractivity contribution in [2.75, 3.05) is 19.7 Å². The van der Waals surface area contributed by atoms with E-state index < -0.39 is 11.9 Å². The summed E-state index contributed by atoms with van der Waals surface area (Å²) >= 11 is 0. The second-order valence-electron chi connectivity index (χ2n) is 6.72. The van der Waals surface area contributed by atoms with E-state index in [0.717, 1.165) is 12.8 Å². The van der Waals surface area contributed by atoms with Crippen molar-refractivity contribution in [1.29, 1.82) is 0 Å². The molecular weight excluding hydrogens is 352 g/mol. The third-order valence-corrected chi connectivity index (χ3v) is 4.75. The summed E-state index contributed by atoms with van der Waals surface area (Å²) in [5, 5.41) is 11.3. The van der Waals surface area contributed by atoms with E-state index in [-0.39, 0.29) is 36.4 Å². The van der Waals surface area contributed by atoms with E-state index in [1.165, 1.54) is 23.1 Å². The van der Waals surface area contributed by atoms with Gasteiger partial charge in [-0.25, -0.2) is 0 Å². The van der Waals surface area contributed by atoms with Crippen LogP contribution in [0.2, 0.25) is 0 Å². The van der Waals surface area contributed by atoms with Gasteiger partial charge in [0.05, 0.1) is 23.8 Å². The van der Waals surface area contributed by atoms with E-state index in [4.69, 9.17) is 9.84 Å². The van der Waals surface area contributed by atoms with Crippen LogP contribution in [0.3, 0.4) is 0 Å². The van der Waals surface area contributed by atoms with Crippen LogP contribution in [0, 0.1) is 0 Å². The molecule has 0 saturated carbocycles. The highest BCUT2D eigenvalue weighted by Gasteiger charge is 2.37. The van der Waals surface area contributed by atoms with Crippen molar-refractivity contribution in [3.63, 3.8) is 0 Å². The Morgan fingerprint density at radius 1 is 1.19 bits per heavy atom. The maximum Gasteiger partial charge on any atom is 0.303 e. The maximum absolute atomic E-state index is 12.6. The molecule has 2 aliphatic rings. The molecule has 27 heavy (non-hydrogen) atoms. The normalized spacial score (nSPS) is 18.7. The van der Waals surface area contributed by atoms with Gasteiger partial charge in [-0.15, -0.1) is 0 Å². The number of rotatable bonds is 8. The van der Waals surface area contributed by atoms with Gasteiger partial charge in [-0.3, -0.25) is 24.1 Å². The van der Waals surface area contributed by atoms with Crippen LogP contribution in [0.5, 0.6) is 0 Å². The summed E-state index contributed by atoms with van der Waals surface area (Å²) in [6.07, 6.45) is 2.71. The van der Waals surface area contributed by atoms with Gasteiger partial charge in [0.2, 0.25) is 0 Å². The number of unbranched alkanes of at least 4 members (excludes halogenated alkanes) is 1. The lowest BCUT2D eigenvalue weighted by molar-refractivity contribution is -0.137. The number of imide groups is 1. The molecule has 1 aromatic carbocycles. The number of fused-ring (bicyclic) bond motifs is 1. The van der Waals surface area contributed by atoms with Gasteiger partial charge < -0.3 is 15.2 Å². The summed E-state index contributed by atoms with van der Waals surface area (Å²) in [5.74, 6) is -1.98. The summed E-state index contributed by atoms with van der Waals surface area (Å²) in [6.45, 7) is 1.23. The number of hydrogen-bond acceptors (Lipinski definition) is 5. The van der Waals surface area contributed by atoms with Crippen molar-refractivity contribution in [2.45, 2.75) is 38.2 Å². The number of amides is 3. The first-order valence-electron chi connectivity index (χ1n) is 9.09. The highest BCUT2D eigenvalue weighted by atomic mass is 16.5. The van der Waals surface area contributed by atoms with Crippen molar-refractivity contribution in [2.24, 2.45) is 0 Å². The molecule has 0 bridgehead atoms. The lowest BCUT2D eigenvalue weighted by atomic mass is 10.1. The summed E-state index contributed by atoms with van der Waals surface area (Å²) in [7, 11) is 0. The number of carboxylic acids is 1. The van der Waals surface area contributed by atoms with Crippen LogP contribution in [0.15, 0.2) is 18.2 Å². The Bertz CT molecular complexity index is 769. The number of nitrogens with zero attached hydrogens (tertiary/aromatic N) is 1. The Morgan fingerprint density at radius 3 is 2.67 bits per heavy atom. The molecule has 2 N–H and O–H groups in total. The number of carboxylic acid groups (broad SMARTS) is 1. The van der Waals surface area contributed by atoms with Crippen LogP contribution in [0.1, 0.15) is 63.2 Å². The maximum atomic E-state index is 12.6. The average Bonchev–Trinajstić information content (AvgIpc) is 3.24. The number of carbonyl (C=O) groups is 4. The van der Waals surface area contributed by atoms with Crippen LogP contribution in [0.4, 0.5) is 0 Å². The molecule has 3 rings (SSSR count). The van der Waals surface area contributed by atoms with Gasteiger partial charge in [0.15, 0.2) is 0 Å². The van der Waals surface area contributed by atoms with Crippen molar-refractivity contribution >= 4 is 23.7 Å². The summed E-state index contributed by atoms with van der Waals surface area (Å²) < 4.78 is 5.50. The zero-order valence-electron chi connectivity index (χ0n) is 14.9. The molecule has 1 fully saturated rings. The second-order valence-corrected chi connectivity index (χ2v) is 6.72. The summed E-state index contributed by atoms with van der Waals surface area (Å²) in [6, 6.07) is 4.47. The third-order valence-electron chi connectivity index (χ3n) is 4.75. The number of hydrogen-bond donors (Lipinski definition) is 2. The molecule has 0 radical (unpaired) electrons. The van der Waals surface area contributed by atoms with Gasteiger partial charge in [-0.1, -0.05) is 0 Å². The average molecular weight is 374 g/mol. The standard InChI is InChI=1S/C19H22N2O6/c22-16(23)5-1-2-8-20-17(24)12-6-7-14-15(10-12)19(26)21(18(14)25)11-13-4-3-9-27-13/h6-7,10,13H,1-5,8-9,11H2,(H,20,24)(H,22,23). The predicted octanol–water partition coefficient (Wildman–Crippen LogP) is 1.45. The quantitative estimate of drug-likeness (QED) is 0.526. The molecule has 8 heteroatoms. The van der Waals surface area contributed by atoms with Crippen molar-refractivity contribution in [1.82, 2.24) is 10.2 Å². The fourth-order valence-corrected chi connectivity index (χ4v) is 3.29. The van der Waals surface area contributed by atoms with Crippen LogP contribution < -0.4 is 5.32 Å². The van der Waals surface area contributed by atoms with E-state index in [9.17, 15) is 19.2 Å². The zero-order valence-corrected chi connectivity index (χ0v) is 14.9. The largest absolute Gasteiger partial charge is 0.481 e. The topological polar surface area (TPSA) is 113 Å². The fraction of sp³-hybridized carbons (Fsp3) is 0.474. The van der Waals surface area contributed by atoms with Crippen LogP contribution in [-0.4, -0.2) is 59.5 Å². The zero-order chi connectivity index (χ0) is 19.4. The molecule has 0 spiro atoms. The molecular formula is C19H22N2O6. The molecule has 1 saturated heterocycles. The number of benzene rings is 1. The van der Waals surface area contributed by atoms with E-state index in [0.29, 0.717) is 37.1 Å². The minimum Gasteiger partial charge on any atom is -0.481 e. The Balaban J connectivity index is 1.61. The lowest BCUT2D eigenvalue weighted by Gasteiger charge is -2.17. The first-order chi connectivity index (χ1) is 13.0. The van der Waals surface area contributed by atoms with Gasteiger partial charge in [0.25, 0.3) is 17.7 Å². The number of carbonyl (C=O) groups excluding carboxylic acids is 3. The van der Waals surface area contributed by atoms with Gasteiger partial charge in [0.1, 0.15) is 0 Å². The number of nitrogens with one attached hydrogen (secondary N) is 1. The van der Waals surface area contributed by atoms with Crippen LogP contribution in [0.25, 0.3) is 0 Å². The lowest BCUT2D eigenvalue weighted by Crippen LogP contribution is -2.36. The van der Waals surface area contributed by atoms with Gasteiger partial charge in [0, 0.05) is 25.1 Å². The third kappa shape index (κ3) is 4.33. The van der Waals surface area contributed by atoms with E-state index in [1.54, 1.807) is 0 Å². The van der Waals surface area contributed by atoms with E-state index >= 15 is 0 Å². The molecule has 8 nitrogen and oxygen atoms in total. The summed E-state index contributed by atoms with van der Waals surface area (Å²) in [4.78, 5) is 49.0. The minimum absolute atomic E-state index is 0.0614. The SMILES string of the molecule is O=C(O)CCCCNC(=O)c1ccc2c(c1)C(=O)N(CC1CCCO1)C2=O. The Labute approximate surface area is 156 Å². The molecule has 0 aliphatic carbocycles. The molecule has 2 aliphatic heterocycles.